The van der Waals surface area contributed by atoms with E-state index in [0.29, 0.717) is 24.9 Å². The van der Waals surface area contributed by atoms with Gasteiger partial charge in [-0.2, -0.15) is 0 Å². The molecule has 0 spiro atoms. The zero-order valence-corrected chi connectivity index (χ0v) is 18.1. The highest BCUT2D eigenvalue weighted by Crippen LogP contribution is 2.51. The molecule has 0 saturated carbocycles. The normalized spacial score (nSPS) is 16.2. The summed E-state index contributed by atoms with van der Waals surface area (Å²) in [6.07, 6.45) is 0.611. The number of aliphatic hydroxyl groups is 1. The van der Waals surface area contributed by atoms with Crippen molar-refractivity contribution in [2.75, 3.05) is 34.1 Å². The average molecular weight is 448 g/mol. The first-order chi connectivity index (χ1) is 14.9. The Kier molecular flexibility index (Phi) is 5.78. The first kappa shape index (κ1) is 21.4. The summed E-state index contributed by atoms with van der Waals surface area (Å²) in [6, 6.07) is 8.51. The van der Waals surface area contributed by atoms with E-state index in [2.05, 4.69) is 4.72 Å². The SMILES string of the molecule is COc1c2c(c(S(=O)(=O)NC(CO)Cc3ccccc3)c3c1C(=O)N(C)CC3)OCO2. The average Bonchev–Trinajstić information content (AvgIpc) is 3.23. The summed E-state index contributed by atoms with van der Waals surface area (Å²) in [7, 11) is -1.13. The van der Waals surface area contributed by atoms with E-state index in [9.17, 15) is 18.3 Å². The fraction of sp³-hybridized carbons (Fsp3) is 0.381. The van der Waals surface area contributed by atoms with Gasteiger partial charge < -0.3 is 24.2 Å². The molecule has 2 N–H and O–H groups in total. The van der Waals surface area contributed by atoms with Crippen LogP contribution >= 0.6 is 0 Å². The van der Waals surface area contributed by atoms with Crippen molar-refractivity contribution in [1.82, 2.24) is 9.62 Å². The largest absolute Gasteiger partial charge is 0.492 e. The van der Waals surface area contributed by atoms with Crippen LogP contribution in [0.4, 0.5) is 0 Å². The van der Waals surface area contributed by atoms with Crippen LogP contribution < -0.4 is 18.9 Å². The van der Waals surface area contributed by atoms with Gasteiger partial charge in [0.05, 0.1) is 19.3 Å². The van der Waals surface area contributed by atoms with Gasteiger partial charge in [0.15, 0.2) is 11.5 Å². The number of ether oxygens (including phenoxy) is 3. The number of benzene rings is 2. The van der Waals surface area contributed by atoms with Crippen LogP contribution in [0.15, 0.2) is 35.2 Å². The molecule has 0 fully saturated rings. The van der Waals surface area contributed by atoms with Crippen molar-refractivity contribution in [3.05, 3.63) is 47.0 Å². The predicted molar refractivity (Wildman–Crippen MR) is 111 cm³/mol. The lowest BCUT2D eigenvalue weighted by molar-refractivity contribution is 0.0775. The molecule has 9 nitrogen and oxygen atoms in total. The number of hydrogen-bond acceptors (Lipinski definition) is 7. The number of nitrogens with zero attached hydrogens (tertiary/aromatic N) is 1. The number of methoxy groups -OCH3 is 1. The third-order valence-electron chi connectivity index (χ3n) is 5.43. The molecule has 10 heteroatoms. The minimum Gasteiger partial charge on any atom is -0.492 e. The van der Waals surface area contributed by atoms with E-state index in [0.717, 1.165) is 5.56 Å². The minimum absolute atomic E-state index is 0.0249. The minimum atomic E-state index is -4.17. The summed E-state index contributed by atoms with van der Waals surface area (Å²) in [4.78, 5) is 14.3. The number of aliphatic hydroxyl groups excluding tert-OH is 1. The number of fused-ring (bicyclic) bond motifs is 2. The first-order valence-corrected chi connectivity index (χ1v) is 11.3. The summed E-state index contributed by atoms with van der Waals surface area (Å²) in [5, 5.41) is 9.82. The number of carbonyl (C=O) groups is 1. The molecule has 0 bridgehead atoms. The fourth-order valence-corrected chi connectivity index (χ4v) is 5.59. The zero-order valence-electron chi connectivity index (χ0n) is 17.3. The smallest absolute Gasteiger partial charge is 0.257 e. The van der Waals surface area contributed by atoms with Crippen LogP contribution in [0.1, 0.15) is 21.5 Å². The van der Waals surface area contributed by atoms with Crippen LogP contribution in [0.25, 0.3) is 0 Å². The van der Waals surface area contributed by atoms with Gasteiger partial charge in [0.2, 0.25) is 22.6 Å². The third-order valence-corrected chi connectivity index (χ3v) is 7.04. The molecule has 31 heavy (non-hydrogen) atoms. The Bertz CT molecular complexity index is 1100. The Balaban J connectivity index is 1.80. The standard InChI is InChI=1S/C21H24N2O7S/c1-23-9-8-15-16(21(23)25)17(28-2)18-19(30-12-29-18)20(15)31(26,27)22-14(11-24)10-13-6-4-3-5-7-13/h3-7,14,22,24H,8-12H2,1-2H3. The summed E-state index contributed by atoms with van der Waals surface area (Å²) in [5.41, 5.74) is 1.36. The number of amides is 1. The topological polar surface area (TPSA) is 114 Å². The highest BCUT2D eigenvalue weighted by atomic mass is 32.2. The summed E-state index contributed by atoms with van der Waals surface area (Å²) in [5.74, 6) is -0.0671. The van der Waals surface area contributed by atoms with Crippen LogP contribution in [-0.2, 0) is 22.9 Å². The van der Waals surface area contributed by atoms with Crippen LogP contribution in [0.5, 0.6) is 17.2 Å². The van der Waals surface area contributed by atoms with Crippen LogP contribution in [-0.4, -0.2) is 64.5 Å². The van der Waals surface area contributed by atoms with Crippen LogP contribution in [0.3, 0.4) is 0 Å². The van der Waals surface area contributed by atoms with E-state index in [4.69, 9.17) is 14.2 Å². The number of rotatable bonds is 7. The van der Waals surface area contributed by atoms with Crippen molar-refractivity contribution in [3.8, 4) is 17.2 Å². The van der Waals surface area contributed by atoms with Crippen LogP contribution in [0, 0.1) is 0 Å². The molecule has 0 radical (unpaired) electrons. The molecule has 2 aliphatic rings. The second-order valence-corrected chi connectivity index (χ2v) is 9.10. The van der Waals surface area contributed by atoms with Gasteiger partial charge in [-0.25, -0.2) is 13.1 Å². The van der Waals surface area contributed by atoms with Gasteiger partial charge in [0.1, 0.15) is 4.90 Å². The van der Waals surface area contributed by atoms with Gasteiger partial charge in [0.25, 0.3) is 5.91 Å². The lowest BCUT2D eigenvalue weighted by Crippen LogP contribution is -2.41. The Hall–Kier alpha value is -2.82. The Morgan fingerprint density at radius 2 is 1.94 bits per heavy atom. The van der Waals surface area contributed by atoms with E-state index in [-0.39, 0.29) is 40.4 Å². The second kappa shape index (κ2) is 8.37. The number of likely N-dealkylation sites (N-methyl/N-ethyl adjacent to an activating group) is 1. The van der Waals surface area contributed by atoms with Crippen LogP contribution in [0.2, 0.25) is 0 Å². The Morgan fingerprint density at radius 3 is 2.61 bits per heavy atom. The molecular weight excluding hydrogens is 424 g/mol. The first-order valence-electron chi connectivity index (χ1n) is 9.82. The Morgan fingerprint density at radius 1 is 1.23 bits per heavy atom. The molecule has 2 aliphatic heterocycles. The zero-order chi connectivity index (χ0) is 22.2. The van der Waals surface area contributed by atoms with Crippen molar-refractivity contribution in [2.24, 2.45) is 0 Å². The van der Waals surface area contributed by atoms with Gasteiger partial charge >= 0.3 is 0 Å². The fourth-order valence-electron chi connectivity index (χ4n) is 3.95. The van der Waals surface area contributed by atoms with Crippen molar-refractivity contribution in [2.45, 2.75) is 23.8 Å². The maximum Gasteiger partial charge on any atom is 0.257 e. The summed E-state index contributed by atoms with van der Waals surface area (Å²) < 4.78 is 45.9. The molecule has 2 heterocycles. The lowest BCUT2D eigenvalue weighted by Gasteiger charge is -2.29. The molecular formula is C21H24N2O7S. The van der Waals surface area contributed by atoms with E-state index in [1.54, 1.807) is 7.05 Å². The summed E-state index contributed by atoms with van der Waals surface area (Å²) in [6.45, 7) is -0.229. The number of nitrogens with one attached hydrogen (secondary N) is 1. The Labute approximate surface area is 180 Å². The van der Waals surface area contributed by atoms with Crippen molar-refractivity contribution >= 4 is 15.9 Å². The van der Waals surface area contributed by atoms with Crippen molar-refractivity contribution in [3.63, 3.8) is 0 Å². The van der Waals surface area contributed by atoms with Gasteiger partial charge in [0, 0.05) is 19.6 Å². The van der Waals surface area contributed by atoms with Gasteiger partial charge in [-0.1, -0.05) is 30.3 Å². The van der Waals surface area contributed by atoms with E-state index in [1.165, 1.54) is 12.0 Å². The molecule has 2 aromatic carbocycles. The van der Waals surface area contributed by atoms with Gasteiger partial charge in [-0.05, 0) is 24.0 Å². The quantitative estimate of drug-likeness (QED) is 0.648. The molecule has 0 aliphatic carbocycles. The second-order valence-electron chi connectivity index (χ2n) is 7.45. The molecule has 0 aromatic heterocycles. The monoisotopic (exact) mass is 448 g/mol. The molecule has 4 rings (SSSR count). The maximum absolute atomic E-state index is 13.5. The van der Waals surface area contributed by atoms with Gasteiger partial charge in [-0.3, -0.25) is 4.79 Å². The molecule has 2 aromatic rings. The van der Waals surface area contributed by atoms with Crippen molar-refractivity contribution < 1.29 is 32.5 Å². The molecule has 166 valence electrons. The predicted octanol–water partition coefficient (Wildman–Crippen LogP) is 0.934. The highest BCUT2D eigenvalue weighted by Gasteiger charge is 2.41. The third kappa shape index (κ3) is 3.82. The maximum atomic E-state index is 13.5. The summed E-state index contributed by atoms with van der Waals surface area (Å²) >= 11 is 0. The lowest BCUT2D eigenvalue weighted by atomic mass is 9.97. The number of carbonyl (C=O) groups excluding carboxylic acids is 1. The molecule has 0 saturated heterocycles. The number of sulfonamides is 1. The molecule has 1 unspecified atom stereocenters. The van der Waals surface area contributed by atoms with Crippen molar-refractivity contribution in [1.29, 1.82) is 0 Å². The highest BCUT2D eigenvalue weighted by molar-refractivity contribution is 7.89. The van der Waals surface area contributed by atoms with E-state index in [1.807, 2.05) is 30.3 Å². The van der Waals surface area contributed by atoms with E-state index < -0.39 is 22.7 Å². The van der Waals surface area contributed by atoms with E-state index >= 15 is 0 Å². The van der Waals surface area contributed by atoms with Gasteiger partial charge in [-0.15, -0.1) is 0 Å². The number of hydrogen-bond donors (Lipinski definition) is 2. The molecule has 1 atom stereocenters. The molecule has 1 amide bonds.